The summed E-state index contributed by atoms with van der Waals surface area (Å²) in [6, 6.07) is 12.4. The van der Waals surface area contributed by atoms with Crippen molar-refractivity contribution in [1.29, 1.82) is 0 Å². The van der Waals surface area contributed by atoms with E-state index < -0.39 is 22.2 Å². The fraction of sp³-hybridized carbons (Fsp3) is 0.517. The number of ether oxygens (including phenoxy) is 1. The molecule has 40 heavy (non-hydrogen) atoms. The minimum Gasteiger partial charge on any atom is -0.486 e. The highest BCUT2D eigenvalue weighted by Crippen LogP contribution is 2.35. The number of sulfonamides is 1. The van der Waals surface area contributed by atoms with Crippen LogP contribution in [-0.2, 0) is 10.0 Å². The lowest BCUT2D eigenvalue weighted by atomic mass is 9.96. The van der Waals surface area contributed by atoms with E-state index >= 15 is 0 Å². The van der Waals surface area contributed by atoms with Crippen LogP contribution >= 0.6 is 0 Å². The molecule has 0 aromatic heterocycles. The third kappa shape index (κ3) is 6.76. The number of carbonyl (C=O) groups excluding carboxylic acids is 2. The second-order valence-electron chi connectivity index (χ2n) is 10.8. The number of hydrogen-bond acceptors (Lipinski definition) is 6. The average Bonchev–Trinajstić information content (AvgIpc) is 2.95. The number of benzene rings is 2. The average molecular weight is 573 g/mol. The largest absolute Gasteiger partial charge is 0.486 e. The molecule has 1 heterocycles. The molecule has 2 aromatic carbocycles. The Labute approximate surface area is 236 Å². The molecule has 0 spiro atoms. The molecule has 0 saturated heterocycles. The van der Waals surface area contributed by atoms with Crippen molar-refractivity contribution in [2.45, 2.75) is 69.0 Å². The maximum absolute atomic E-state index is 13.7. The Hall–Kier alpha value is -3.15. The molecule has 3 N–H and O–H groups in total. The standard InChI is InChI=1S/C29H40N4O6S/c1-20-17-33(21(2)19-34)28(35)24-15-10-16-25(31-29(36)30-22-11-6-4-7-12-22)27(24)39-26(20)18-32(3)40(37,38)23-13-8-5-9-14-23/h5,8-10,13-16,20-22,26,34H,4,6-7,11-12,17-19H2,1-3H3,(H2,30,31,36)/t20-,21+,26-/m0/s1. The fourth-order valence-corrected chi connectivity index (χ4v) is 6.48. The molecule has 0 bridgehead atoms. The van der Waals surface area contributed by atoms with Crippen molar-refractivity contribution in [3.8, 4) is 5.75 Å². The number of aliphatic hydroxyl groups is 1. The minimum atomic E-state index is -3.80. The van der Waals surface area contributed by atoms with Crippen LogP contribution in [0.3, 0.4) is 0 Å². The van der Waals surface area contributed by atoms with Gasteiger partial charge in [-0.3, -0.25) is 4.79 Å². The molecular formula is C29H40N4O6S. The second kappa shape index (κ2) is 13.0. The lowest BCUT2D eigenvalue weighted by Crippen LogP contribution is -2.50. The van der Waals surface area contributed by atoms with Crippen LogP contribution in [0, 0.1) is 5.92 Å². The van der Waals surface area contributed by atoms with Crippen LogP contribution in [0.2, 0.25) is 0 Å². The molecule has 3 amide bonds. The van der Waals surface area contributed by atoms with Gasteiger partial charge in [-0.05, 0) is 44.0 Å². The molecule has 1 aliphatic heterocycles. The smallest absolute Gasteiger partial charge is 0.319 e. The second-order valence-corrected chi connectivity index (χ2v) is 12.9. The zero-order valence-electron chi connectivity index (χ0n) is 23.4. The van der Waals surface area contributed by atoms with Crippen molar-refractivity contribution in [1.82, 2.24) is 14.5 Å². The third-order valence-electron chi connectivity index (χ3n) is 7.77. The Morgan fingerprint density at radius 2 is 1.82 bits per heavy atom. The number of fused-ring (bicyclic) bond motifs is 1. The van der Waals surface area contributed by atoms with Gasteiger partial charge in [0.05, 0.1) is 35.3 Å². The number of amides is 3. The Morgan fingerprint density at radius 1 is 1.12 bits per heavy atom. The lowest BCUT2D eigenvalue weighted by Gasteiger charge is -2.38. The molecule has 1 fully saturated rings. The van der Waals surface area contributed by atoms with Gasteiger partial charge in [0.25, 0.3) is 5.91 Å². The number of carbonyl (C=O) groups is 2. The Morgan fingerprint density at radius 3 is 2.50 bits per heavy atom. The van der Waals surface area contributed by atoms with Gasteiger partial charge in [-0.1, -0.05) is 50.5 Å². The van der Waals surface area contributed by atoms with E-state index in [9.17, 15) is 23.1 Å². The van der Waals surface area contributed by atoms with E-state index in [4.69, 9.17) is 4.74 Å². The van der Waals surface area contributed by atoms with Gasteiger partial charge in [-0.25, -0.2) is 13.2 Å². The summed E-state index contributed by atoms with van der Waals surface area (Å²) in [7, 11) is -2.30. The van der Waals surface area contributed by atoms with Crippen molar-refractivity contribution in [2.75, 3.05) is 32.1 Å². The molecule has 3 atom stereocenters. The molecule has 4 rings (SSSR count). The van der Waals surface area contributed by atoms with Crippen LogP contribution in [0.5, 0.6) is 5.75 Å². The molecule has 1 saturated carbocycles. The van der Waals surface area contributed by atoms with Crippen molar-refractivity contribution in [2.24, 2.45) is 5.92 Å². The summed E-state index contributed by atoms with van der Waals surface area (Å²) < 4.78 is 34.3. The first-order valence-corrected chi connectivity index (χ1v) is 15.4. The molecule has 1 aliphatic carbocycles. The van der Waals surface area contributed by atoms with E-state index in [1.165, 1.54) is 17.8 Å². The summed E-state index contributed by atoms with van der Waals surface area (Å²) in [6.07, 6.45) is 4.49. The number of nitrogens with zero attached hydrogens (tertiary/aromatic N) is 2. The van der Waals surface area contributed by atoms with Crippen molar-refractivity contribution >= 4 is 27.6 Å². The van der Waals surface area contributed by atoms with Crippen LogP contribution in [-0.4, -0.2) is 79.6 Å². The maximum Gasteiger partial charge on any atom is 0.319 e. The van der Waals surface area contributed by atoms with Gasteiger partial charge < -0.3 is 25.4 Å². The van der Waals surface area contributed by atoms with Crippen molar-refractivity contribution in [3.63, 3.8) is 0 Å². The number of rotatable bonds is 8. The highest BCUT2D eigenvalue weighted by molar-refractivity contribution is 7.89. The van der Waals surface area contributed by atoms with Gasteiger partial charge in [-0.15, -0.1) is 0 Å². The van der Waals surface area contributed by atoms with E-state index in [-0.39, 0.29) is 59.8 Å². The molecular weight excluding hydrogens is 532 g/mol. The number of nitrogens with one attached hydrogen (secondary N) is 2. The predicted molar refractivity (Wildman–Crippen MR) is 153 cm³/mol. The van der Waals surface area contributed by atoms with Crippen LogP contribution in [0.1, 0.15) is 56.3 Å². The highest BCUT2D eigenvalue weighted by Gasteiger charge is 2.36. The topological polar surface area (TPSA) is 128 Å². The van der Waals surface area contributed by atoms with Crippen LogP contribution in [0.4, 0.5) is 10.5 Å². The molecule has 2 aromatic rings. The maximum atomic E-state index is 13.7. The zero-order valence-corrected chi connectivity index (χ0v) is 24.2. The Bertz CT molecular complexity index is 1280. The molecule has 0 radical (unpaired) electrons. The summed E-state index contributed by atoms with van der Waals surface area (Å²) in [5.41, 5.74) is 0.560. The number of hydrogen-bond donors (Lipinski definition) is 3. The minimum absolute atomic E-state index is 0.00990. The van der Waals surface area contributed by atoms with Gasteiger partial charge in [0.2, 0.25) is 10.0 Å². The summed E-state index contributed by atoms with van der Waals surface area (Å²) in [5, 5.41) is 15.8. The lowest BCUT2D eigenvalue weighted by molar-refractivity contribution is 0.0389. The SMILES string of the molecule is C[C@H](CO)N1C[C@H](C)[C@H](CN(C)S(=O)(=O)c2ccccc2)Oc2c(NC(=O)NC3CCCCC3)cccc2C1=O. The zero-order chi connectivity index (χ0) is 28.9. The number of likely N-dealkylation sites (N-methyl/N-ethyl adjacent to an activating group) is 1. The Balaban J connectivity index is 1.66. The summed E-state index contributed by atoms with van der Waals surface area (Å²) >= 11 is 0. The summed E-state index contributed by atoms with van der Waals surface area (Å²) in [4.78, 5) is 28.4. The summed E-state index contributed by atoms with van der Waals surface area (Å²) in [6.45, 7) is 3.67. The van der Waals surface area contributed by atoms with Crippen LogP contribution in [0.15, 0.2) is 53.4 Å². The predicted octanol–water partition coefficient (Wildman–Crippen LogP) is 3.68. The molecule has 218 valence electrons. The normalized spacial score (nSPS) is 21.1. The van der Waals surface area contributed by atoms with E-state index in [2.05, 4.69) is 10.6 Å². The van der Waals surface area contributed by atoms with Crippen LogP contribution in [0.25, 0.3) is 0 Å². The molecule has 11 heteroatoms. The van der Waals surface area contributed by atoms with E-state index in [1.807, 2.05) is 6.92 Å². The first-order chi connectivity index (χ1) is 19.1. The van der Waals surface area contributed by atoms with Gasteiger partial charge in [0.1, 0.15) is 6.10 Å². The quantitative estimate of drug-likeness (QED) is 0.443. The van der Waals surface area contributed by atoms with Crippen molar-refractivity contribution < 1.29 is 27.9 Å². The Kier molecular flexibility index (Phi) is 9.70. The monoisotopic (exact) mass is 572 g/mol. The van der Waals surface area contributed by atoms with E-state index in [1.54, 1.807) is 60.4 Å². The number of urea groups is 1. The van der Waals surface area contributed by atoms with Gasteiger partial charge in [-0.2, -0.15) is 4.31 Å². The fourth-order valence-electron chi connectivity index (χ4n) is 5.27. The molecule has 2 aliphatic rings. The highest BCUT2D eigenvalue weighted by atomic mass is 32.2. The number of aliphatic hydroxyl groups excluding tert-OH is 1. The first kappa shape index (κ1) is 29.8. The van der Waals surface area contributed by atoms with Gasteiger partial charge in [0, 0.05) is 25.6 Å². The molecule has 10 nitrogen and oxygen atoms in total. The first-order valence-electron chi connectivity index (χ1n) is 13.9. The summed E-state index contributed by atoms with van der Waals surface area (Å²) in [5.74, 6) is -0.449. The van der Waals surface area contributed by atoms with Crippen molar-refractivity contribution in [3.05, 3.63) is 54.1 Å². The third-order valence-corrected chi connectivity index (χ3v) is 9.61. The van der Waals surface area contributed by atoms with Gasteiger partial charge in [0.15, 0.2) is 5.75 Å². The number of para-hydroxylation sites is 1. The molecule has 0 unspecified atom stereocenters. The van der Waals surface area contributed by atoms with Gasteiger partial charge >= 0.3 is 6.03 Å². The van der Waals surface area contributed by atoms with E-state index in [0.29, 0.717) is 5.69 Å². The number of anilines is 1. The van der Waals surface area contributed by atoms with Crippen LogP contribution < -0.4 is 15.4 Å². The van der Waals surface area contributed by atoms with E-state index in [0.717, 1.165) is 25.7 Å².